The van der Waals surface area contributed by atoms with Crippen LogP contribution in [-0.4, -0.2) is 86.6 Å². The van der Waals surface area contributed by atoms with Gasteiger partial charge in [-0.3, -0.25) is 14.5 Å². The van der Waals surface area contributed by atoms with E-state index in [1.807, 2.05) is 58.3 Å². The average Bonchev–Trinajstić information content (AvgIpc) is 2.93. The smallest absolute Gasteiger partial charge is 0.227 e. The van der Waals surface area contributed by atoms with E-state index in [2.05, 4.69) is 4.90 Å². The minimum Gasteiger partial charge on any atom is -0.497 e. The molecule has 0 saturated carbocycles. The Labute approximate surface area is 213 Å². The summed E-state index contributed by atoms with van der Waals surface area (Å²) in [6.07, 6.45) is 2.02. The zero-order chi connectivity index (χ0) is 25.3. The van der Waals surface area contributed by atoms with Gasteiger partial charge in [-0.25, -0.2) is 0 Å². The van der Waals surface area contributed by atoms with Crippen LogP contribution in [0.2, 0.25) is 0 Å². The number of hydrogen-bond donors (Lipinski definition) is 0. The van der Waals surface area contributed by atoms with Crippen LogP contribution in [0.4, 0.5) is 0 Å². The molecule has 0 N–H and O–H groups in total. The van der Waals surface area contributed by atoms with Gasteiger partial charge in [0.15, 0.2) is 0 Å². The molecule has 8 heteroatoms. The van der Waals surface area contributed by atoms with Gasteiger partial charge < -0.3 is 24.0 Å². The third-order valence-corrected chi connectivity index (χ3v) is 7.02. The molecule has 2 aliphatic heterocycles. The van der Waals surface area contributed by atoms with Gasteiger partial charge in [0.2, 0.25) is 11.8 Å². The Hall–Kier alpha value is -3.26. The maximum atomic E-state index is 13.3. The lowest BCUT2D eigenvalue weighted by molar-refractivity contribution is -0.142. The number of carbonyl (C=O) groups excluding carboxylic acids is 2. The van der Waals surface area contributed by atoms with Gasteiger partial charge in [0.05, 0.1) is 33.2 Å². The minimum absolute atomic E-state index is 0.0560. The molecule has 36 heavy (non-hydrogen) atoms. The number of piperazine rings is 1. The Bertz CT molecular complexity index is 1010. The van der Waals surface area contributed by atoms with Crippen molar-refractivity contribution in [2.45, 2.75) is 25.8 Å². The lowest BCUT2D eigenvalue weighted by Gasteiger charge is -2.39. The van der Waals surface area contributed by atoms with Crippen molar-refractivity contribution >= 4 is 11.8 Å². The Morgan fingerprint density at radius 3 is 2.39 bits per heavy atom. The molecular weight excluding hydrogens is 458 g/mol. The molecule has 1 unspecified atom stereocenters. The van der Waals surface area contributed by atoms with Gasteiger partial charge in [0.1, 0.15) is 17.2 Å². The number of ether oxygens (including phenoxy) is 3. The molecule has 2 aromatic carbocycles. The number of amides is 2. The summed E-state index contributed by atoms with van der Waals surface area (Å²) >= 11 is 0. The van der Waals surface area contributed by atoms with Crippen LogP contribution in [0.1, 0.15) is 24.8 Å². The van der Waals surface area contributed by atoms with Gasteiger partial charge in [-0.15, -0.1) is 0 Å². The number of nitrogens with zero attached hydrogens (tertiary/aromatic N) is 3. The summed E-state index contributed by atoms with van der Waals surface area (Å²) in [4.78, 5) is 32.2. The van der Waals surface area contributed by atoms with Crippen molar-refractivity contribution in [1.82, 2.24) is 14.7 Å². The molecule has 0 aromatic heterocycles. The number of methoxy groups -OCH3 is 2. The Morgan fingerprint density at radius 2 is 1.67 bits per heavy atom. The topological polar surface area (TPSA) is 71.6 Å². The molecule has 2 aromatic rings. The molecule has 2 heterocycles. The van der Waals surface area contributed by atoms with Crippen LogP contribution in [0.5, 0.6) is 17.2 Å². The number of carbonyl (C=O) groups is 2. The molecule has 1 atom stereocenters. The standard InChI is InChI=1S/C28H37N3O5/c1-34-25-10-11-26(35-2)23(19-25)20-29-14-16-30(17-15-29)28(33)22-7-6-13-31(21-22)27(32)12-18-36-24-8-4-3-5-9-24/h3-5,8-11,19,22H,6-7,12-18,20-21H2,1-2H3. The van der Waals surface area contributed by atoms with E-state index in [0.29, 0.717) is 39.2 Å². The van der Waals surface area contributed by atoms with Crippen molar-refractivity contribution in [3.8, 4) is 17.2 Å². The second-order valence-corrected chi connectivity index (χ2v) is 9.37. The first-order valence-corrected chi connectivity index (χ1v) is 12.7. The normalized spacial score (nSPS) is 18.6. The number of likely N-dealkylation sites (tertiary alicyclic amines) is 1. The van der Waals surface area contributed by atoms with E-state index in [0.717, 1.165) is 55.3 Å². The highest BCUT2D eigenvalue weighted by molar-refractivity contribution is 5.81. The maximum Gasteiger partial charge on any atom is 0.227 e. The molecule has 8 nitrogen and oxygen atoms in total. The number of rotatable bonds is 9. The van der Waals surface area contributed by atoms with Crippen molar-refractivity contribution < 1.29 is 23.8 Å². The summed E-state index contributed by atoms with van der Waals surface area (Å²) in [7, 11) is 3.34. The third kappa shape index (κ3) is 6.69. The first-order chi connectivity index (χ1) is 17.6. The van der Waals surface area contributed by atoms with Crippen LogP contribution >= 0.6 is 0 Å². The lowest BCUT2D eigenvalue weighted by Crippen LogP contribution is -2.52. The molecule has 0 spiro atoms. The second kappa shape index (κ2) is 12.6. The van der Waals surface area contributed by atoms with E-state index in [4.69, 9.17) is 14.2 Å². The van der Waals surface area contributed by atoms with Crippen molar-refractivity contribution in [3.05, 3.63) is 54.1 Å². The molecule has 0 bridgehead atoms. The molecule has 2 aliphatic rings. The Balaban J connectivity index is 1.23. The van der Waals surface area contributed by atoms with Crippen LogP contribution in [0, 0.1) is 5.92 Å². The monoisotopic (exact) mass is 495 g/mol. The molecule has 0 aliphatic carbocycles. The average molecular weight is 496 g/mol. The summed E-state index contributed by atoms with van der Waals surface area (Å²) in [5, 5.41) is 0. The summed E-state index contributed by atoms with van der Waals surface area (Å²) in [5.41, 5.74) is 1.08. The zero-order valence-electron chi connectivity index (χ0n) is 21.4. The first-order valence-electron chi connectivity index (χ1n) is 12.7. The van der Waals surface area contributed by atoms with Crippen molar-refractivity contribution in [1.29, 1.82) is 0 Å². The predicted molar refractivity (Wildman–Crippen MR) is 137 cm³/mol. The van der Waals surface area contributed by atoms with Gasteiger partial charge in [0.25, 0.3) is 0 Å². The zero-order valence-corrected chi connectivity index (χ0v) is 21.4. The van der Waals surface area contributed by atoms with Crippen molar-refractivity contribution in [2.75, 3.05) is 60.1 Å². The van der Waals surface area contributed by atoms with Gasteiger partial charge in [-0.05, 0) is 43.2 Å². The first kappa shape index (κ1) is 25.8. The number of hydrogen-bond acceptors (Lipinski definition) is 6. The molecule has 2 amide bonds. The van der Waals surface area contributed by atoms with E-state index in [9.17, 15) is 9.59 Å². The molecule has 2 saturated heterocycles. The Morgan fingerprint density at radius 1 is 0.889 bits per heavy atom. The predicted octanol–water partition coefficient (Wildman–Crippen LogP) is 3.06. The maximum absolute atomic E-state index is 13.3. The van der Waals surface area contributed by atoms with E-state index in [1.54, 1.807) is 14.2 Å². The largest absolute Gasteiger partial charge is 0.497 e. The van der Waals surface area contributed by atoms with Crippen LogP contribution in [0.15, 0.2) is 48.5 Å². The number of benzene rings is 2. The Kier molecular flexibility index (Phi) is 9.06. The lowest BCUT2D eigenvalue weighted by atomic mass is 9.96. The van der Waals surface area contributed by atoms with Crippen LogP contribution in [0.3, 0.4) is 0 Å². The van der Waals surface area contributed by atoms with Gasteiger partial charge in [-0.2, -0.15) is 0 Å². The fourth-order valence-corrected chi connectivity index (χ4v) is 4.97. The van der Waals surface area contributed by atoms with Crippen molar-refractivity contribution in [2.24, 2.45) is 5.92 Å². The quantitative estimate of drug-likeness (QED) is 0.533. The van der Waals surface area contributed by atoms with Crippen LogP contribution < -0.4 is 14.2 Å². The third-order valence-electron chi connectivity index (χ3n) is 7.02. The minimum atomic E-state index is -0.122. The van der Waals surface area contributed by atoms with Crippen LogP contribution in [0.25, 0.3) is 0 Å². The second-order valence-electron chi connectivity index (χ2n) is 9.37. The van der Waals surface area contributed by atoms with E-state index >= 15 is 0 Å². The summed E-state index contributed by atoms with van der Waals surface area (Å²) in [6, 6.07) is 15.3. The van der Waals surface area contributed by atoms with Gasteiger partial charge in [0, 0.05) is 51.4 Å². The summed E-state index contributed by atoms with van der Waals surface area (Å²) < 4.78 is 16.6. The van der Waals surface area contributed by atoms with Gasteiger partial charge >= 0.3 is 0 Å². The van der Waals surface area contributed by atoms with E-state index in [1.165, 1.54) is 0 Å². The van der Waals surface area contributed by atoms with E-state index < -0.39 is 0 Å². The highest BCUT2D eigenvalue weighted by Gasteiger charge is 2.32. The van der Waals surface area contributed by atoms with Crippen LogP contribution in [-0.2, 0) is 16.1 Å². The number of para-hydroxylation sites is 1. The number of piperidine rings is 1. The highest BCUT2D eigenvalue weighted by atomic mass is 16.5. The molecule has 4 rings (SSSR count). The molecule has 2 fully saturated rings. The molecule has 194 valence electrons. The fourth-order valence-electron chi connectivity index (χ4n) is 4.97. The highest BCUT2D eigenvalue weighted by Crippen LogP contribution is 2.26. The van der Waals surface area contributed by atoms with Gasteiger partial charge in [-0.1, -0.05) is 18.2 Å². The SMILES string of the molecule is COc1ccc(OC)c(CN2CCN(C(=O)C3CCCN(C(=O)CCOc4ccccc4)C3)CC2)c1. The molecule has 0 radical (unpaired) electrons. The summed E-state index contributed by atoms with van der Waals surface area (Å²) in [6.45, 7) is 5.31. The van der Waals surface area contributed by atoms with Crippen molar-refractivity contribution in [3.63, 3.8) is 0 Å². The summed E-state index contributed by atoms with van der Waals surface area (Å²) in [5.74, 6) is 2.52. The molecular formula is C28H37N3O5. The van der Waals surface area contributed by atoms with E-state index in [-0.39, 0.29) is 17.7 Å². The fraction of sp³-hybridized carbons (Fsp3) is 0.500.